The van der Waals surface area contributed by atoms with Crippen LogP contribution in [0.3, 0.4) is 0 Å². The second-order valence-corrected chi connectivity index (χ2v) is 5.22. The summed E-state index contributed by atoms with van der Waals surface area (Å²) in [4.78, 5) is 24.1. The summed E-state index contributed by atoms with van der Waals surface area (Å²) in [6, 6.07) is 7.65. The number of aryl methyl sites for hydroxylation is 1. The summed E-state index contributed by atoms with van der Waals surface area (Å²) < 4.78 is 1.55. The quantitative estimate of drug-likeness (QED) is 0.651. The number of rotatable bonds is 5. The van der Waals surface area contributed by atoms with Gasteiger partial charge in [-0.25, -0.2) is 9.97 Å². The van der Waals surface area contributed by atoms with Gasteiger partial charge < -0.3 is 16.2 Å². The Bertz CT molecular complexity index is 890. The zero-order valence-corrected chi connectivity index (χ0v) is 13.0. The number of carbonyl (C=O) groups excluding carboxylic acids is 1. The number of benzene rings is 1. The van der Waals surface area contributed by atoms with Crippen LogP contribution in [0.5, 0.6) is 0 Å². The standard InChI is InChI=1S/C16H16N6O2/c1-10-3-2-4-11(5-10)20-15-13(14(17)24)6-18-16(21-15)22-7-12(8-23)19-9-22/h2-7,9,23H,8H2,1H3,(H2,17,24)(H,18,20,21). The number of nitrogens with two attached hydrogens (primary N) is 1. The van der Waals surface area contributed by atoms with Crippen molar-refractivity contribution in [2.75, 3.05) is 5.32 Å². The molecule has 1 amide bonds. The molecule has 4 N–H and O–H groups in total. The number of hydrogen-bond donors (Lipinski definition) is 3. The first-order valence-electron chi connectivity index (χ1n) is 7.21. The van der Waals surface area contributed by atoms with E-state index in [-0.39, 0.29) is 12.2 Å². The molecule has 122 valence electrons. The van der Waals surface area contributed by atoms with Gasteiger partial charge in [0.05, 0.1) is 12.3 Å². The van der Waals surface area contributed by atoms with Crippen LogP contribution in [0.1, 0.15) is 21.6 Å². The molecule has 0 aliphatic rings. The molecule has 0 saturated carbocycles. The predicted molar refractivity (Wildman–Crippen MR) is 88.1 cm³/mol. The maximum atomic E-state index is 11.6. The van der Waals surface area contributed by atoms with Crippen LogP contribution < -0.4 is 11.1 Å². The monoisotopic (exact) mass is 324 g/mol. The van der Waals surface area contributed by atoms with Gasteiger partial charge in [0.25, 0.3) is 5.91 Å². The van der Waals surface area contributed by atoms with Gasteiger partial charge >= 0.3 is 0 Å². The lowest BCUT2D eigenvalue weighted by molar-refractivity contribution is 0.100. The molecule has 0 radical (unpaired) electrons. The normalized spacial score (nSPS) is 10.6. The molecule has 0 bridgehead atoms. The van der Waals surface area contributed by atoms with Gasteiger partial charge in [-0.2, -0.15) is 4.98 Å². The molecule has 3 rings (SSSR count). The number of primary amides is 1. The highest BCUT2D eigenvalue weighted by molar-refractivity contribution is 5.98. The minimum atomic E-state index is -0.626. The molecule has 0 unspecified atom stereocenters. The summed E-state index contributed by atoms with van der Waals surface area (Å²) in [7, 11) is 0. The fraction of sp³-hybridized carbons (Fsp3) is 0.125. The largest absolute Gasteiger partial charge is 0.390 e. The minimum Gasteiger partial charge on any atom is -0.390 e. The van der Waals surface area contributed by atoms with Crippen LogP contribution in [-0.4, -0.2) is 30.5 Å². The van der Waals surface area contributed by atoms with Gasteiger partial charge in [0.1, 0.15) is 17.7 Å². The minimum absolute atomic E-state index is 0.180. The fourth-order valence-corrected chi connectivity index (χ4v) is 2.19. The van der Waals surface area contributed by atoms with Crippen molar-refractivity contribution in [3.05, 3.63) is 59.8 Å². The van der Waals surface area contributed by atoms with Crippen molar-refractivity contribution in [3.8, 4) is 5.95 Å². The lowest BCUT2D eigenvalue weighted by atomic mass is 10.2. The zero-order chi connectivity index (χ0) is 17.1. The lowest BCUT2D eigenvalue weighted by Gasteiger charge is -2.11. The Morgan fingerprint density at radius 2 is 2.21 bits per heavy atom. The summed E-state index contributed by atoms with van der Waals surface area (Å²) in [5.74, 6) is -0.0157. The number of imidazole rings is 1. The number of aliphatic hydroxyl groups is 1. The van der Waals surface area contributed by atoms with Crippen LogP contribution >= 0.6 is 0 Å². The maximum absolute atomic E-state index is 11.6. The number of aliphatic hydroxyl groups excluding tert-OH is 1. The van der Waals surface area contributed by atoms with E-state index in [9.17, 15) is 4.79 Å². The lowest BCUT2D eigenvalue weighted by Crippen LogP contribution is -2.16. The second kappa shape index (κ2) is 6.47. The number of anilines is 2. The Morgan fingerprint density at radius 3 is 2.88 bits per heavy atom. The first kappa shape index (κ1) is 15.6. The average Bonchev–Trinajstić information content (AvgIpc) is 3.03. The van der Waals surface area contributed by atoms with E-state index in [1.54, 1.807) is 10.8 Å². The molecule has 0 aliphatic heterocycles. The molecule has 0 aliphatic carbocycles. The van der Waals surface area contributed by atoms with E-state index in [0.29, 0.717) is 17.5 Å². The average molecular weight is 324 g/mol. The summed E-state index contributed by atoms with van der Waals surface area (Å²) in [5.41, 5.74) is 7.92. The molecule has 0 spiro atoms. The van der Waals surface area contributed by atoms with Gasteiger partial charge in [-0.15, -0.1) is 0 Å². The van der Waals surface area contributed by atoms with E-state index < -0.39 is 5.91 Å². The number of nitrogens with zero attached hydrogens (tertiary/aromatic N) is 4. The van der Waals surface area contributed by atoms with E-state index in [0.717, 1.165) is 11.3 Å². The third-order valence-corrected chi connectivity index (χ3v) is 3.35. The molecule has 2 heterocycles. The Hall–Kier alpha value is -3.26. The van der Waals surface area contributed by atoms with Crippen LogP contribution in [0, 0.1) is 6.92 Å². The third kappa shape index (κ3) is 3.23. The summed E-state index contributed by atoms with van der Waals surface area (Å²) >= 11 is 0. The van der Waals surface area contributed by atoms with Crippen LogP contribution in [-0.2, 0) is 6.61 Å². The van der Waals surface area contributed by atoms with E-state index >= 15 is 0 Å². The van der Waals surface area contributed by atoms with Gasteiger partial charge in [-0.1, -0.05) is 12.1 Å². The molecular weight excluding hydrogens is 308 g/mol. The van der Waals surface area contributed by atoms with E-state index in [1.807, 2.05) is 31.2 Å². The number of hydrogen-bond acceptors (Lipinski definition) is 6. The Morgan fingerprint density at radius 1 is 1.38 bits per heavy atom. The molecule has 3 aromatic rings. The predicted octanol–water partition coefficient (Wildman–Crippen LogP) is 1.31. The van der Waals surface area contributed by atoms with Crippen molar-refractivity contribution < 1.29 is 9.90 Å². The van der Waals surface area contributed by atoms with Gasteiger partial charge in [-0.05, 0) is 24.6 Å². The van der Waals surface area contributed by atoms with Gasteiger partial charge in [-0.3, -0.25) is 9.36 Å². The van der Waals surface area contributed by atoms with Crippen molar-refractivity contribution in [1.29, 1.82) is 0 Å². The molecule has 8 heteroatoms. The van der Waals surface area contributed by atoms with E-state index in [2.05, 4.69) is 20.3 Å². The first-order chi connectivity index (χ1) is 11.6. The van der Waals surface area contributed by atoms with Crippen LogP contribution in [0.4, 0.5) is 11.5 Å². The van der Waals surface area contributed by atoms with E-state index in [4.69, 9.17) is 10.8 Å². The summed E-state index contributed by atoms with van der Waals surface area (Å²) in [5, 5.41) is 12.2. The van der Waals surface area contributed by atoms with Crippen molar-refractivity contribution in [3.63, 3.8) is 0 Å². The molecule has 0 fully saturated rings. The second-order valence-electron chi connectivity index (χ2n) is 5.22. The number of carbonyl (C=O) groups is 1. The Balaban J connectivity index is 2.01. The molecule has 0 saturated heterocycles. The highest BCUT2D eigenvalue weighted by Gasteiger charge is 2.14. The van der Waals surface area contributed by atoms with Crippen molar-refractivity contribution in [1.82, 2.24) is 19.5 Å². The highest BCUT2D eigenvalue weighted by atomic mass is 16.3. The van der Waals surface area contributed by atoms with Crippen LogP contribution in [0.25, 0.3) is 5.95 Å². The molecule has 8 nitrogen and oxygen atoms in total. The van der Waals surface area contributed by atoms with Crippen LogP contribution in [0.2, 0.25) is 0 Å². The maximum Gasteiger partial charge on any atom is 0.254 e. The van der Waals surface area contributed by atoms with Crippen LogP contribution in [0.15, 0.2) is 43.0 Å². The molecule has 0 atom stereocenters. The number of amides is 1. The summed E-state index contributed by atoms with van der Waals surface area (Å²) in [6.07, 6.45) is 4.46. The first-order valence-corrected chi connectivity index (χ1v) is 7.21. The number of nitrogens with one attached hydrogen (secondary N) is 1. The topological polar surface area (TPSA) is 119 Å². The van der Waals surface area contributed by atoms with Crippen molar-refractivity contribution in [2.24, 2.45) is 5.73 Å². The molecule has 24 heavy (non-hydrogen) atoms. The van der Waals surface area contributed by atoms with Gasteiger partial charge in [0.2, 0.25) is 5.95 Å². The van der Waals surface area contributed by atoms with Gasteiger partial charge in [0, 0.05) is 18.1 Å². The smallest absolute Gasteiger partial charge is 0.254 e. The third-order valence-electron chi connectivity index (χ3n) is 3.35. The molecule has 1 aromatic carbocycles. The van der Waals surface area contributed by atoms with E-state index in [1.165, 1.54) is 12.5 Å². The molecular formula is C16H16N6O2. The van der Waals surface area contributed by atoms with Crippen molar-refractivity contribution >= 4 is 17.4 Å². The molecule has 2 aromatic heterocycles. The summed E-state index contributed by atoms with van der Waals surface area (Å²) in [6.45, 7) is 1.79. The van der Waals surface area contributed by atoms with Crippen molar-refractivity contribution in [2.45, 2.75) is 13.5 Å². The Labute approximate surface area is 138 Å². The fourth-order valence-electron chi connectivity index (χ4n) is 2.19. The van der Waals surface area contributed by atoms with Gasteiger partial charge in [0.15, 0.2) is 0 Å². The zero-order valence-electron chi connectivity index (χ0n) is 13.0. The number of aromatic nitrogens is 4. The SMILES string of the molecule is Cc1cccc(Nc2nc(-n3cnc(CO)c3)ncc2C(N)=O)c1. The highest BCUT2D eigenvalue weighted by Crippen LogP contribution is 2.20. The Kier molecular flexibility index (Phi) is 4.21.